The van der Waals surface area contributed by atoms with Gasteiger partial charge in [-0.15, -0.1) is 0 Å². The van der Waals surface area contributed by atoms with Gasteiger partial charge >= 0.3 is 0 Å². The molecule has 0 spiro atoms. The van der Waals surface area contributed by atoms with Crippen molar-refractivity contribution in [3.05, 3.63) is 28.9 Å². The zero-order valence-corrected chi connectivity index (χ0v) is 12.0. The second-order valence-corrected chi connectivity index (χ2v) is 5.77. The Kier molecular flexibility index (Phi) is 3.77. The summed E-state index contributed by atoms with van der Waals surface area (Å²) in [5.74, 6) is -1.72. The average Bonchev–Trinajstić information content (AvgIpc) is 2.85. The Bertz CT molecular complexity index is 592. The molecule has 19 heavy (non-hydrogen) atoms. The lowest BCUT2D eigenvalue weighted by molar-refractivity contribution is -0.309. The molecule has 7 heteroatoms. The van der Waals surface area contributed by atoms with Gasteiger partial charge in [0.05, 0.1) is 16.9 Å². The van der Waals surface area contributed by atoms with Crippen molar-refractivity contribution >= 4 is 46.3 Å². The Hall–Kier alpha value is -1.60. The van der Waals surface area contributed by atoms with Crippen LogP contribution in [0.25, 0.3) is 6.08 Å². The number of hydrogen-bond acceptors (Lipinski definition) is 5. The van der Waals surface area contributed by atoms with Gasteiger partial charge in [0.25, 0.3) is 5.91 Å². The molecule has 0 bridgehead atoms. The first kappa shape index (κ1) is 13.8. The summed E-state index contributed by atoms with van der Waals surface area (Å²) in [4.78, 5) is 24.5. The molecule has 100 valence electrons. The molecule has 1 aliphatic rings. The molecule has 1 aliphatic heterocycles. The number of carbonyl (C=O) groups is 2. The van der Waals surface area contributed by atoms with Gasteiger partial charge in [-0.25, -0.2) is 0 Å². The van der Waals surface area contributed by atoms with Crippen LogP contribution in [0.5, 0.6) is 0 Å². The van der Waals surface area contributed by atoms with Gasteiger partial charge in [-0.3, -0.25) is 9.69 Å². The van der Waals surface area contributed by atoms with Crippen LogP contribution in [0.4, 0.5) is 0 Å². The highest BCUT2D eigenvalue weighted by Gasteiger charge is 2.35. The van der Waals surface area contributed by atoms with Gasteiger partial charge in [0, 0.05) is 18.9 Å². The first-order chi connectivity index (χ1) is 8.91. The molecule has 1 fully saturated rings. The molecule has 0 aromatic carbocycles. The van der Waals surface area contributed by atoms with E-state index in [1.54, 1.807) is 6.08 Å². The van der Waals surface area contributed by atoms with E-state index in [2.05, 4.69) is 0 Å². The van der Waals surface area contributed by atoms with Crippen molar-refractivity contribution in [2.45, 2.75) is 13.0 Å². The van der Waals surface area contributed by atoms with Gasteiger partial charge in [0.2, 0.25) is 0 Å². The third-order valence-corrected chi connectivity index (χ3v) is 4.15. The van der Waals surface area contributed by atoms with E-state index in [1.165, 1.54) is 6.92 Å². The topological polar surface area (TPSA) is 65.4 Å². The van der Waals surface area contributed by atoms with E-state index in [0.29, 0.717) is 4.91 Å². The number of thioether (sulfide) groups is 1. The molecule has 0 N–H and O–H groups in total. The van der Waals surface area contributed by atoms with Gasteiger partial charge in [-0.1, -0.05) is 24.0 Å². The molecule has 1 aromatic heterocycles. The summed E-state index contributed by atoms with van der Waals surface area (Å²) in [6, 6.07) is 2.65. The van der Waals surface area contributed by atoms with Crippen molar-refractivity contribution in [1.29, 1.82) is 0 Å². The maximum Gasteiger partial charge on any atom is 0.266 e. The summed E-state index contributed by atoms with van der Waals surface area (Å²) < 4.78 is 2.09. The molecular formula is C12H11N2O3S2-. The quantitative estimate of drug-likeness (QED) is 0.595. The molecule has 1 aromatic rings. The highest BCUT2D eigenvalue weighted by Crippen LogP contribution is 2.33. The van der Waals surface area contributed by atoms with E-state index >= 15 is 0 Å². The summed E-state index contributed by atoms with van der Waals surface area (Å²) >= 11 is 6.15. The van der Waals surface area contributed by atoms with Gasteiger partial charge in [-0.2, -0.15) is 0 Å². The number of aryl methyl sites for hydroxylation is 1. The Balaban J connectivity index is 2.31. The van der Waals surface area contributed by atoms with Crippen LogP contribution in [-0.2, 0) is 16.6 Å². The Morgan fingerprint density at radius 3 is 2.79 bits per heavy atom. The summed E-state index contributed by atoms with van der Waals surface area (Å²) in [6.45, 7) is 1.38. The molecule has 0 aliphatic carbocycles. The molecule has 0 saturated carbocycles. The number of aliphatic carboxylic acids is 1. The third kappa shape index (κ3) is 2.57. The number of aromatic nitrogens is 1. The largest absolute Gasteiger partial charge is 0.548 e. The van der Waals surface area contributed by atoms with Crippen LogP contribution in [0.3, 0.4) is 0 Å². The monoisotopic (exact) mass is 295 g/mol. The molecule has 1 atom stereocenters. The van der Waals surface area contributed by atoms with Crippen LogP contribution in [0.1, 0.15) is 12.6 Å². The van der Waals surface area contributed by atoms with E-state index in [0.717, 1.165) is 22.4 Å². The van der Waals surface area contributed by atoms with Crippen LogP contribution in [0, 0.1) is 0 Å². The van der Waals surface area contributed by atoms with Crippen molar-refractivity contribution in [2.24, 2.45) is 7.05 Å². The number of hydrogen-bond donors (Lipinski definition) is 0. The van der Waals surface area contributed by atoms with Crippen molar-refractivity contribution in [2.75, 3.05) is 0 Å². The second kappa shape index (κ2) is 5.18. The summed E-state index contributed by atoms with van der Waals surface area (Å²) in [5.41, 5.74) is 0.849. The molecule has 1 amide bonds. The number of nitrogens with zero attached hydrogens (tertiary/aromatic N) is 2. The fourth-order valence-electron chi connectivity index (χ4n) is 1.68. The van der Waals surface area contributed by atoms with Crippen molar-refractivity contribution in [3.8, 4) is 0 Å². The lowest BCUT2D eigenvalue weighted by Gasteiger charge is -2.23. The number of thiocarbonyl (C=S) groups is 1. The Morgan fingerprint density at radius 2 is 2.26 bits per heavy atom. The van der Waals surface area contributed by atoms with E-state index in [1.807, 2.05) is 29.9 Å². The molecule has 2 rings (SSSR count). The molecule has 5 nitrogen and oxygen atoms in total. The number of rotatable bonds is 3. The number of amides is 1. The predicted molar refractivity (Wildman–Crippen MR) is 74.9 cm³/mol. The lowest BCUT2D eigenvalue weighted by Crippen LogP contribution is -2.48. The normalized spacial score (nSPS) is 19.3. The molecule has 2 heterocycles. The SMILES string of the molecule is C[C@@H](C(=O)[O-])N1C(=O)/C(=C/c2cccn2C)SC1=S. The van der Waals surface area contributed by atoms with Crippen LogP contribution in [-0.4, -0.2) is 31.7 Å². The van der Waals surface area contributed by atoms with Gasteiger partial charge < -0.3 is 14.5 Å². The van der Waals surface area contributed by atoms with Gasteiger partial charge in [0.1, 0.15) is 4.32 Å². The van der Waals surface area contributed by atoms with E-state index in [4.69, 9.17) is 12.2 Å². The minimum absolute atomic E-state index is 0.238. The van der Waals surface area contributed by atoms with E-state index in [-0.39, 0.29) is 4.32 Å². The average molecular weight is 295 g/mol. The minimum atomic E-state index is -1.32. The van der Waals surface area contributed by atoms with Crippen molar-refractivity contribution in [3.63, 3.8) is 0 Å². The lowest BCUT2D eigenvalue weighted by atomic mass is 10.3. The first-order valence-corrected chi connectivity index (χ1v) is 6.73. The number of carbonyl (C=O) groups excluding carboxylic acids is 2. The summed E-state index contributed by atoms with van der Waals surface area (Å²) in [7, 11) is 1.86. The summed E-state index contributed by atoms with van der Waals surface area (Å²) in [6.07, 6.45) is 3.55. The second-order valence-electron chi connectivity index (χ2n) is 4.09. The Labute approximate surface area is 119 Å². The molecule has 1 saturated heterocycles. The zero-order valence-electron chi connectivity index (χ0n) is 10.3. The maximum absolute atomic E-state index is 12.1. The molecule has 0 radical (unpaired) electrons. The van der Waals surface area contributed by atoms with Crippen molar-refractivity contribution < 1.29 is 14.7 Å². The van der Waals surface area contributed by atoms with Crippen molar-refractivity contribution in [1.82, 2.24) is 9.47 Å². The van der Waals surface area contributed by atoms with Crippen LogP contribution in [0.15, 0.2) is 23.2 Å². The first-order valence-electron chi connectivity index (χ1n) is 5.51. The van der Waals surface area contributed by atoms with Gasteiger partial charge in [0.15, 0.2) is 0 Å². The summed E-state index contributed by atoms with van der Waals surface area (Å²) in [5, 5.41) is 10.9. The third-order valence-electron chi connectivity index (χ3n) is 2.81. The predicted octanol–water partition coefficient (Wildman–Crippen LogP) is 0.365. The van der Waals surface area contributed by atoms with E-state index < -0.39 is 17.9 Å². The Morgan fingerprint density at radius 1 is 1.58 bits per heavy atom. The highest BCUT2D eigenvalue weighted by molar-refractivity contribution is 8.26. The molecule has 0 unspecified atom stereocenters. The van der Waals surface area contributed by atoms with Crippen LogP contribution < -0.4 is 5.11 Å². The van der Waals surface area contributed by atoms with E-state index in [9.17, 15) is 14.7 Å². The fraction of sp³-hybridized carbons (Fsp3) is 0.250. The molecular weight excluding hydrogens is 284 g/mol. The smallest absolute Gasteiger partial charge is 0.266 e. The van der Waals surface area contributed by atoms with Crippen LogP contribution >= 0.6 is 24.0 Å². The van der Waals surface area contributed by atoms with Gasteiger partial charge in [-0.05, 0) is 25.1 Å². The fourth-order valence-corrected chi connectivity index (χ4v) is 3.08. The highest BCUT2D eigenvalue weighted by atomic mass is 32.2. The maximum atomic E-state index is 12.1. The van der Waals surface area contributed by atoms with Crippen LogP contribution in [0.2, 0.25) is 0 Å². The zero-order chi connectivity index (χ0) is 14.2. The standard InChI is InChI=1S/C12H12N2O3S2/c1-7(11(16)17)14-10(15)9(19-12(14)18)6-8-4-3-5-13(8)2/h3-7H,1-2H3,(H,16,17)/p-1/b9-6-/t7-/m0/s1. The number of carboxylic acids is 1. The minimum Gasteiger partial charge on any atom is -0.548 e. The number of carboxylic acid groups (broad SMARTS) is 1.